The monoisotopic (exact) mass is 578 g/mol. The average molecular weight is 579 g/mol. The van der Waals surface area contributed by atoms with Crippen LogP contribution in [0.25, 0.3) is 0 Å². The lowest BCUT2D eigenvalue weighted by atomic mass is 9.96. The zero-order valence-corrected chi connectivity index (χ0v) is 26.3. The maximum Gasteiger partial charge on any atom is 0.305 e. The van der Waals surface area contributed by atoms with Gasteiger partial charge in [0, 0.05) is 37.1 Å². The summed E-state index contributed by atoms with van der Waals surface area (Å²) in [5, 5.41) is 8.71. The first-order chi connectivity index (χ1) is 19.5. The summed E-state index contributed by atoms with van der Waals surface area (Å²) in [6.45, 7) is 13.1. The summed E-state index contributed by atoms with van der Waals surface area (Å²) in [5.41, 5.74) is 7.11. The van der Waals surface area contributed by atoms with Crippen LogP contribution in [-0.2, 0) is 28.7 Å². The first-order valence-electron chi connectivity index (χ1n) is 15.5. The number of hydrazone groups is 2. The van der Waals surface area contributed by atoms with Crippen LogP contribution in [0.4, 0.5) is 0 Å². The van der Waals surface area contributed by atoms with Gasteiger partial charge in [0.1, 0.15) is 0 Å². The van der Waals surface area contributed by atoms with Crippen LogP contribution >= 0.6 is 0 Å². The van der Waals surface area contributed by atoms with Gasteiger partial charge in [-0.2, -0.15) is 10.2 Å². The van der Waals surface area contributed by atoms with Crippen LogP contribution < -0.4 is 10.9 Å². The van der Waals surface area contributed by atoms with Crippen LogP contribution in [0, 0.1) is 23.7 Å². The van der Waals surface area contributed by atoms with Crippen LogP contribution in [0.1, 0.15) is 125 Å². The number of amides is 2. The van der Waals surface area contributed by atoms with Crippen molar-refractivity contribution in [3.8, 4) is 0 Å². The molecule has 10 nitrogen and oxygen atoms in total. The van der Waals surface area contributed by atoms with Gasteiger partial charge in [-0.15, -0.1) is 0 Å². The summed E-state index contributed by atoms with van der Waals surface area (Å²) in [4.78, 5) is 48.8. The Morgan fingerprint density at radius 1 is 0.585 bits per heavy atom. The molecule has 234 valence electrons. The standard InChI is InChI=1S/C31H54N4O6/c1-22(2)26-16-14-24(5)18-20-40-30(38)12-7-8-13-31(39)41-21-19-25(6)15-17-27(23(3)4)33-35-29(37)11-9-10-28(36)34-32-26/h22-25H,7-21H2,1-6H3,(H,34,36)(H,35,37)/b32-26-,33-27-/t24-,25-/m1/s1. The Labute approximate surface area is 246 Å². The van der Waals surface area contributed by atoms with Crippen LogP contribution in [0.15, 0.2) is 10.2 Å². The molecule has 0 saturated carbocycles. The Hall–Kier alpha value is -2.78. The number of hydrogen-bond donors (Lipinski definition) is 2. The number of carbonyl (C=O) groups excluding carboxylic acids is 4. The normalized spacial score (nSPS) is 26.1. The summed E-state index contributed by atoms with van der Waals surface area (Å²) in [7, 11) is 0. The second-order valence-electron chi connectivity index (χ2n) is 12.0. The summed E-state index contributed by atoms with van der Waals surface area (Å²) >= 11 is 0. The van der Waals surface area contributed by atoms with E-state index < -0.39 is 0 Å². The fourth-order valence-electron chi connectivity index (χ4n) is 4.25. The molecule has 2 amide bonds. The van der Waals surface area contributed by atoms with Gasteiger partial charge in [-0.3, -0.25) is 19.2 Å². The molecule has 0 aliphatic carbocycles. The molecule has 1 heterocycles. The SMILES string of the molecule is CC(C)/C1=N\NC(=O)CCCC(=O)N/N=C(\C(C)C)CC[C@@H](C)CCOC(=O)CCCCC(=O)OCC[C@H](C)CC1. The lowest BCUT2D eigenvalue weighted by molar-refractivity contribution is -0.146. The van der Waals surface area contributed by atoms with Gasteiger partial charge in [0.25, 0.3) is 0 Å². The molecule has 0 bridgehead atoms. The number of hydrogen-bond acceptors (Lipinski definition) is 8. The van der Waals surface area contributed by atoms with Crippen molar-refractivity contribution in [1.82, 2.24) is 10.9 Å². The summed E-state index contributed by atoms with van der Waals surface area (Å²) in [5.74, 6) is 0.111. The van der Waals surface area contributed by atoms with Crippen molar-refractivity contribution in [1.29, 1.82) is 0 Å². The molecule has 1 aliphatic heterocycles. The lowest BCUT2D eigenvalue weighted by Gasteiger charge is -2.15. The maximum absolute atomic E-state index is 12.3. The van der Waals surface area contributed by atoms with E-state index in [1.807, 2.05) is 27.7 Å². The van der Waals surface area contributed by atoms with Gasteiger partial charge in [-0.25, -0.2) is 10.9 Å². The second kappa shape index (κ2) is 21.0. The molecule has 2 atom stereocenters. The Balaban J connectivity index is 2.76. The third-order valence-corrected chi connectivity index (χ3v) is 7.33. The fraction of sp³-hybridized carbons (Fsp3) is 0.806. The highest BCUT2D eigenvalue weighted by atomic mass is 16.5. The molecule has 1 aliphatic rings. The van der Waals surface area contributed by atoms with Crippen LogP contribution in [0.5, 0.6) is 0 Å². The van der Waals surface area contributed by atoms with Gasteiger partial charge in [0.15, 0.2) is 0 Å². The van der Waals surface area contributed by atoms with E-state index in [0.29, 0.717) is 57.2 Å². The molecule has 0 unspecified atom stereocenters. The van der Waals surface area contributed by atoms with Crippen molar-refractivity contribution in [3.05, 3.63) is 0 Å². The van der Waals surface area contributed by atoms with Crippen molar-refractivity contribution in [2.75, 3.05) is 13.2 Å². The molecule has 0 aromatic heterocycles. The molecule has 0 aromatic carbocycles. The zero-order chi connectivity index (χ0) is 30.6. The number of rotatable bonds is 2. The minimum absolute atomic E-state index is 0.184. The van der Waals surface area contributed by atoms with E-state index >= 15 is 0 Å². The van der Waals surface area contributed by atoms with Gasteiger partial charge in [0.2, 0.25) is 11.8 Å². The molecule has 0 saturated heterocycles. The second-order valence-corrected chi connectivity index (χ2v) is 12.0. The van der Waals surface area contributed by atoms with Crippen molar-refractivity contribution in [2.24, 2.45) is 33.9 Å². The highest BCUT2D eigenvalue weighted by Crippen LogP contribution is 2.16. The summed E-state index contributed by atoms with van der Waals surface area (Å²) in [6, 6.07) is 0. The van der Waals surface area contributed by atoms with Crippen LogP contribution in [-0.4, -0.2) is 48.4 Å². The molecule has 10 heteroatoms. The Morgan fingerprint density at radius 2 is 0.976 bits per heavy atom. The van der Waals surface area contributed by atoms with Crippen molar-refractivity contribution in [3.63, 3.8) is 0 Å². The topological polar surface area (TPSA) is 136 Å². The number of cyclic esters (lactones) is 2. The molecule has 2 N–H and O–H groups in total. The van der Waals surface area contributed by atoms with E-state index in [0.717, 1.165) is 49.9 Å². The predicted octanol–water partition coefficient (Wildman–Crippen LogP) is 5.69. The molecule has 41 heavy (non-hydrogen) atoms. The molecule has 1 rings (SSSR count). The lowest BCUT2D eigenvalue weighted by Crippen LogP contribution is -2.24. The Kier molecular flexibility index (Phi) is 18.6. The van der Waals surface area contributed by atoms with Gasteiger partial charge in [-0.1, -0.05) is 41.5 Å². The smallest absolute Gasteiger partial charge is 0.305 e. The minimum Gasteiger partial charge on any atom is -0.466 e. The van der Waals surface area contributed by atoms with E-state index in [1.165, 1.54) is 0 Å². The fourth-order valence-corrected chi connectivity index (χ4v) is 4.25. The summed E-state index contributed by atoms with van der Waals surface area (Å²) in [6.07, 6.45) is 7.28. The van der Waals surface area contributed by atoms with Crippen molar-refractivity contribution >= 4 is 35.2 Å². The quantitative estimate of drug-likeness (QED) is 0.404. The number of nitrogens with one attached hydrogen (secondary N) is 2. The first-order valence-corrected chi connectivity index (χ1v) is 15.5. The van der Waals surface area contributed by atoms with Gasteiger partial charge >= 0.3 is 11.9 Å². The molecular formula is C31H54N4O6. The number of carbonyl (C=O) groups is 4. The third kappa shape index (κ3) is 18.3. The Morgan fingerprint density at radius 3 is 1.34 bits per heavy atom. The van der Waals surface area contributed by atoms with Crippen molar-refractivity contribution < 1.29 is 28.7 Å². The molecular weight excluding hydrogens is 524 g/mol. The van der Waals surface area contributed by atoms with Gasteiger partial charge in [0.05, 0.1) is 13.2 Å². The predicted molar refractivity (Wildman–Crippen MR) is 161 cm³/mol. The summed E-state index contributed by atoms with van der Waals surface area (Å²) < 4.78 is 10.8. The van der Waals surface area contributed by atoms with Crippen molar-refractivity contribution in [2.45, 2.75) is 125 Å². The maximum atomic E-state index is 12.3. The first kappa shape index (κ1) is 36.2. The highest BCUT2D eigenvalue weighted by Gasteiger charge is 2.14. The van der Waals surface area contributed by atoms with Crippen LogP contribution in [0.3, 0.4) is 0 Å². The van der Waals surface area contributed by atoms with E-state index in [4.69, 9.17) is 9.47 Å². The third-order valence-electron chi connectivity index (χ3n) is 7.33. The molecule has 0 spiro atoms. The number of esters is 2. The van der Waals surface area contributed by atoms with E-state index in [1.54, 1.807) is 0 Å². The number of ether oxygens (including phenoxy) is 2. The number of nitrogens with zero attached hydrogens (tertiary/aromatic N) is 2. The van der Waals surface area contributed by atoms with Crippen LogP contribution in [0.2, 0.25) is 0 Å². The largest absolute Gasteiger partial charge is 0.466 e. The van der Waals surface area contributed by atoms with Gasteiger partial charge < -0.3 is 9.47 Å². The van der Waals surface area contributed by atoms with Gasteiger partial charge in [-0.05, 0) is 81.5 Å². The van der Waals surface area contributed by atoms with E-state index in [9.17, 15) is 19.2 Å². The average Bonchev–Trinajstić information content (AvgIpc) is 2.90. The zero-order valence-electron chi connectivity index (χ0n) is 26.3. The van der Waals surface area contributed by atoms with E-state index in [2.05, 4.69) is 34.9 Å². The molecule has 0 aromatic rings. The highest BCUT2D eigenvalue weighted by molar-refractivity contribution is 5.88. The molecule has 0 radical (unpaired) electrons. The van der Waals surface area contributed by atoms with E-state index in [-0.39, 0.29) is 48.4 Å². The molecule has 0 fully saturated rings. The Bertz CT molecular complexity index is 814. The minimum atomic E-state index is -0.239.